The number of piperazine rings is 1. The highest BCUT2D eigenvalue weighted by Crippen LogP contribution is 2.24. The molecule has 1 fully saturated rings. The highest BCUT2D eigenvalue weighted by Gasteiger charge is 2.24. The van der Waals surface area contributed by atoms with Crippen LogP contribution < -0.4 is 20.7 Å². The summed E-state index contributed by atoms with van der Waals surface area (Å²) in [7, 11) is 5.86. The molecule has 0 bridgehead atoms. The molecule has 0 saturated carbocycles. The van der Waals surface area contributed by atoms with E-state index >= 15 is 0 Å². The number of hydrogen-bond acceptors (Lipinski definition) is 6. The molecule has 0 spiro atoms. The molecule has 32 heavy (non-hydrogen) atoms. The van der Waals surface area contributed by atoms with Crippen LogP contribution in [0.2, 0.25) is 0 Å². The van der Waals surface area contributed by atoms with Crippen molar-refractivity contribution in [3.63, 3.8) is 0 Å². The number of halogens is 3. The predicted octanol–water partition coefficient (Wildman–Crippen LogP) is 3.32. The number of benzene rings is 1. The Balaban J connectivity index is 0.00000171. The van der Waals surface area contributed by atoms with Gasteiger partial charge in [-0.25, -0.2) is 4.98 Å². The molecule has 1 saturated heterocycles. The molecule has 1 aromatic carbocycles. The van der Waals surface area contributed by atoms with Gasteiger partial charge < -0.3 is 15.1 Å². The third kappa shape index (κ3) is 5.92. The van der Waals surface area contributed by atoms with Crippen LogP contribution in [0, 0.1) is 0 Å². The Morgan fingerprint density at radius 1 is 1.03 bits per heavy atom. The van der Waals surface area contributed by atoms with E-state index in [1.807, 2.05) is 26.2 Å². The van der Waals surface area contributed by atoms with Gasteiger partial charge in [-0.1, -0.05) is 12.1 Å². The Morgan fingerprint density at radius 2 is 1.69 bits per heavy atom. The molecule has 1 N–H and O–H groups in total. The second kappa shape index (κ2) is 12.1. The molecule has 7 nitrogen and oxygen atoms in total. The maximum Gasteiger partial charge on any atom is 0.255 e. The van der Waals surface area contributed by atoms with Gasteiger partial charge in [0.15, 0.2) is 0 Å². The lowest BCUT2D eigenvalue weighted by molar-refractivity contribution is 0.462. The first kappa shape index (κ1) is 27.7. The van der Waals surface area contributed by atoms with Gasteiger partial charge in [0, 0.05) is 76.5 Å². The summed E-state index contributed by atoms with van der Waals surface area (Å²) in [5.74, 6) is 0.695. The molecule has 10 heteroatoms. The molecular weight excluding hydrogens is 471 g/mol. The first-order valence-electron chi connectivity index (χ1n) is 9.77. The maximum absolute atomic E-state index is 12.6. The lowest BCUT2D eigenvalue weighted by Crippen LogP contribution is -2.47. The standard InChI is InChI=1S/C22H26N6O.3ClH/c1-26(2)18-6-4-16(5-7-18)20-15-28(13-12-24-20)22-25-19(14-21(29)27(22)3)17-8-10-23-11-9-17;;;/h4-11,14,20,24H,12-13,15H2,1-3H3;3*1H. The highest BCUT2D eigenvalue weighted by atomic mass is 35.5. The van der Waals surface area contributed by atoms with Crippen molar-refractivity contribution < 1.29 is 0 Å². The Morgan fingerprint density at radius 3 is 2.31 bits per heavy atom. The predicted molar refractivity (Wildman–Crippen MR) is 138 cm³/mol. The molecule has 174 valence electrons. The van der Waals surface area contributed by atoms with Crippen LogP contribution in [0.1, 0.15) is 11.6 Å². The number of aromatic nitrogens is 3. The van der Waals surface area contributed by atoms with Crippen LogP contribution in [0.25, 0.3) is 11.3 Å². The lowest BCUT2D eigenvalue weighted by atomic mass is 10.0. The van der Waals surface area contributed by atoms with Crippen molar-refractivity contribution in [2.75, 3.05) is 43.5 Å². The van der Waals surface area contributed by atoms with Gasteiger partial charge in [-0.05, 0) is 29.8 Å². The van der Waals surface area contributed by atoms with E-state index in [2.05, 4.69) is 44.4 Å². The summed E-state index contributed by atoms with van der Waals surface area (Å²) in [6.07, 6.45) is 3.43. The van der Waals surface area contributed by atoms with Gasteiger partial charge in [0.2, 0.25) is 5.95 Å². The number of anilines is 2. The normalized spacial score (nSPS) is 15.1. The van der Waals surface area contributed by atoms with Crippen LogP contribution in [0.4, 0.5) is 11.6 Å². The molecule has 2 aromatic heterocycles. The van der Waals surface area contributed by atoms with Crippen molar-refractivity contribution in [3.05, 3.63) is 70.8 Å². The van der Waals surface area contributed by atoms with Crippen LogP contribution in [-0.2, 0) is 7.05 Å². The highest BCUT2D eigenvalue weighted by molar-refractivity contribution is 5.86. The molecule has 1 aliphatic rings. The van der Waals surface area contributed by atoms with Crippen LogP contribution in [0.3, 0.4) is 0 Å². The number of hydrogen-bond donors (Lipinski definition) is 1. The number of rotatable bonds is 4. The van der Waals surface area contributed by atoms with Gasteiger partial charge in [-0.3, -0.25) is 14.3 Å². The quantitative estimate of drug-likeness (QED) is 0.594. The van der Waals surface area contributed by atoms with E-state index in [9.17, 15) is 4.79 Å². The first-order valence-corrected chi connectivity index (χ1v) is 9.77. The summed E-state index contributed by atoms with van der Waals surface area (Å²) in [4.78, 5) is 25.7. The number of nitrogens with one attached hydrogen (secondary N) is 1. The zero-order valence-corrected chi connectivity index (χ0v) is 20.7. The van der Waals surface area contributed by atoms with Gasteiger partial charge in [0.1, 0.15) is 0 Å². The van der Waals surface area contributed by atoms with Crippen LogP contribution in [-0.4, -0.2) is 48.3 Å². The fourth-order valence-corrected chi connectivity index (χ4v) is 3.64. The van der Waals surface area contributed by atoms with Crippen molar-refractivity contribution in [2.45, 2.75) is 6.04 Å². The molecular formula is C22H29Cl3N6O. The largest absolute Gasteiger partial charge is 0.378 e. The summed E-state index contributed by atoms with van der Waals surface area (Å²) in [6, 6.07) is 14.1. The van der Waals surface area contributed by atoms with Crippen LogP contribution in [0.5, 0.6) is 0 Å². The topological polar surface area (TPSA) is 66.3 Å². The molecule has 0 radical (unpaired) electrons. The van der Waals surface area contributed by atoms with E-state index in [0.29, 0.717) is 11.6 Å². The van der Waals surface area contributed by atoms with Crippen LogP contribution >= 0.6 is 37.2 Å². The third-order valence-electron chi connectivity index (χ3n) is 5.36. The zero-order chi connectivity index (χ0) is 20.4. The van der Waals surface area contributed by atoms with Crippen molar-refractivity contribution in [3.8, 4) is 11.3 Å². The van der Waals surface area contributed by atoms with Crippen molar-refractivity contribution >= 4 is 48.9 Å². The minimum atomic E-state index is -0.0627. The Kier molecular flexibility index (Phi) is 10.4. The summed E-state index contributed by atoms with van der Waals surface area (Å²) < 4.78 is 1.63. The van der Waals surface area contributed by atoms with Gasteiger partial charge in [-0.15, -0.1) is 37.2 Å². The average molecular weight is 500 g/mol. The first-order chi connectivity index (χ1) is 14.0. The van der Waals surface area contributed by atoms with E-state index in [1.165, 1.54) is 11.3 Å². The lowest BCUT2D eigenvalue weighted by Gasteiger charge is -2.35. The van der Waals surface area contributed by atoms with Crippen molar-refractivity contribution in [2.24, 2.45) is 7.05 Å². The monoisotopic (exact) mass is 498 g/mol. The third-order valence-corrected chi connectivity index (χ3v) is 5.36. The summed E-state index contributed by atoms with van der Waals surface area (Å²) >= 11 is 0. The minimum Gasteiger partial charge on any atom is -0.378 e. The van der Waals surface area contributed by atoms with Gasteiger partial charge in [-0.2, -0.15) is 0 Å². The van der Waals surface area contributed by atoms with Crippen LogP contribution in [0.15, 0.2) is 59.7 Å². The van der Waals surface area contributed by atoms with E-state index < -0.39 is 0 Å². The molecule has 0 amide bonds. The average Bonchev–Trinajstić information content (AvgIpc) is 2.76. The summed E-state index contributed by atoms with van der Waals surface area (Å²) in [5, 5.41) is 3.59. The van der Waals surface area contributed by atoms with E-state index in [-0.39, 0.29) is 48.8 Å². The second-order valence-electron chi connectivity index (χ2n) is 7.51. The van der Waals surface area contributed by atoms with Gasteiger partial charge in [0.25, 0.3) is 5.56 Å². The SMILES string of the molecule is CN(C)c1ccc(C2CN(c3nc(-c4ccncc4)cc(=O)n3C)CCN2)cc1.Cl.Cl.Cl. The minimum absolute atomic E-state index is 0. The van der Waals surface area contributed by atoms with Gasteiger partial charge >= 0.3 is 0 Å². The Hall–Kier alpha value is -2.32. The van der Waals surface area contributed by atoms with E-state index in [0.717, 1.165) is 25.2 Å². The summed E-state index contributed by atoms with van der Waals surface area (Å²) in [5.41, 5.74) is 3.92. The molecule has 3 heterocycles. The summed E-state index contributed by atoms with van der Waals surface area (Å²) in [6.45, 7) is 2.38. The second-order valence-corrected chi connectivity index (χ2v) is 7.51. The smallest absolute Gasteiger partial charge is 0.255 e. The van der Waals surface area contributed by atoms with E-state index in [1.54, 1.807) is 30.1 Å². The number of nitrogens with zero attached hydrogens (tertiary/aromatic N) is 5. The molecule has 3 aromatic rings. The Labute approximate surface area is 207 Å². The fraction of sp³-hybridized carbons (Fsp3) is 0.318. The molecule has 4 rings (SSSR count). The molecule has 1 unspecified atom stereocenters. The van der Waals surface area contributed by atoms with Crippen molar-refractivity contribution in [1.29, 1.82) is 0 Å². The van der Waals surface area contributed by atoms with E-state index in [4.69, 9.17) is 4.98 Å². The molecule has 1 aliphatic heterocycles. The fourth-order valence-electron chi connectivity index (χ4n) is 3.64. The molecule has 0 aliphatic carbocycles. The zero-order valence-electron chi connectivity index (χ0n) is 18.3. The molecule has 1 atom stereocenters. The maximum atomic E-state index is 12.6. The number of pyridine rings is 1. The Bertz CT molecular complexity index is 1040. The van der Waals surface area contributed by atoms with Crippen molar-refractivity contribution in [1.82, 2.24) is 19.9 Å². The van der Waals surface area contributed by atoms with Gasteiger partial charge in [0.05, 0.1) is 5.69 Å².